The Balaban J connectivity index is 1.60. The number of hydrogen-bond donors (Lipinski definition) is 2. The molecule has 1 aliphatic heterocycles. The lowest BCUT2D eigenvalue weighted by Gasteiger charge is -2.28. The fraction of sp³-hybridized carbons (Fsp3) is 0.278. The molecule has 0 radical (unpaired) electrons. The van der Waals surface area contributed by atoms with Crippen molar-refractivity contribution in [3.05, 3.63) is 60.2 Å². The molecule has 5 nitrogen and oxygen atoms in total. The average molecular weight is 313 g/mol. The number of ether oxygens (including phenoxy) is 2. The summed E-state index contributed by atoms with van der Waals surface area (Å²) in [5, 5.41) is 13.2. The highest BCUT2D eigenvalue weighted by Gasteiger charge is 2.30. The summed E-state index contributed by atoms with van der Waals surface area (Å²) in [6, 6.07) is 16.4. The van der Waals surface area contributed by atoms with Crippen LogP contribution in [0, 0.1) is 0 Å². The molecule has 0 aliphatic carbocycles. The summed E-state index contributed by atoms with van der Waals surface area (Å²) in [6.07, 6.45) is -0.725. The van der Waals surface area contributed by atoms with E-state index in [4.69, 9.17) is 9.47 Å². The first kappa shape index (κ1) is 15.4. The fourth-order valence-electron chi connectivity index (χ4n) is 2.42. The lowest BCUT2D eigenvalue weighted by atomic mass is 9.96. The van der Waals surface area contributed by atoms with Gasteiger partial charge in [-0.05, 0) is 24.6 Å². The monoisotopic (exact) mass is 313 g/mol. The van der Waals surface area contributed by atoms with Gasteiger partial charge in [0.25, 0.3) is 5.91 Å². The van der Waals surface area contributed by atoms with Crippen molar-refractivity contribution in [2.75, 3.05) is 13.2 Å². The number of aliphatic hydroxyl groups is 1. The molecule has 3 rings (SSSR count). The first-order valence-electron chi connectivity index (χ1n) is 7.50. The van der Waals surface area contributed by atoms with Gasteiger partial charge in [-0.1, -0.05) is 42.5 Å². The van der Waals surface area contributed by atoms with Crippen molar-refractivity contribution in [2.45, 2.75) is 18.6 Å². The van der Waals surface area contributed by atoms with E-state index >= 15 is 0 Å². The van der Waals surface area contributed by atoms with Gasteiger partial charge in [-0.25, -0.2) is 0 Å². The highest BCUT2D eigenvalue weighted by molar-refractivity contribution is 5.81. The van der Waals surface area contributed by atoms with Gasteiger partial charge in [-0.3, -0.25) is 4.79 Å². The Kier molecular flexibility index (Phi) is 4.21. The first-order chi connectivity index (χ1) is 11.1. The summed E-state index contributed by atoms with van der Waals surface area (Å²) < 4.78 is 11.2. The van der Waals surface area contributed by atoms with Crippen LogP contribution in [0.5, 0.6) is 11.5 Å². The number of para-hydroxylation sites is 2. The molecule has 0 saturated heterocycles. The molecular weight excluding hydrogens is 294 g/mol. The molecule has 2 aromatic carbocycles. The molecule has 1 amide bonds. The van der Waals surface area contributed by atoms with Gasteiger partial charge in [0.1, 0.15) is 12.2 Å². The minimum atomic E-state index is -1.15. The van der Waals surface area contributed by atoms with Crippen LogP contribution in [0.2, 0.25) is 0 Å². The fourth-order valence-corrected chi connectivity index (χ4v) is 2.42. The summed E-state index contributed by atoms with van der Waals surface area (Å²) >= 11 is 0. The minimum Gasteiger partial charge on any atom is -0.485 e. The van der Waals surface area contributed by atoms with Crippen LogP contribution >= 0.6 is 0 Å². The van der Waals surface area contributed by atoms with Crippen LogP contribution in [-0.2, 0) is 10.4 Å². The highest BCUT2D eigenvalue weighted by Crippen LogP contribution is 2.30. The molecule has 1 heterocycles. The van der Waals surface area contributed by atoms with Gasteiger partial charge in [0.05, 0.1) is 6.54 Å². The predicted octanol–water partition coefficient (Wildman–Crippen LogP) is 1.85. The maximum atomic E-state index is 12.3. The van der Waals surface area contributed by atoms with Gasteiger partial charge < -0.3 is 19.9 Å². The summed E-state index contributed by atoms with van der Waals surface area (Å²) in [5.74, 6) is 0.872. The molecule has 2 atom stereocenters. The molecule has 5 heteroatoms. The molecule has 2 unspecified atom stereocenters. The zero-order valence-corrected chi connectivity index (χ0v) is 12.9. The number of carbonyl (C=O) groups is 1. The lowest BCUT2D eigenvalue weighted by molar-refractivity contribution is -0.131. The van der Waals surface area contributed by atoms with E-state index < -0.39 is 11.7 Å². The zero-order valence-electron chi connectivity index (χ0n) is 12.9. The Hall–Kier alpha value is -2.53. The summed E-state index contributed by atoms with van der Waals surface area (Å²) in [5.41, 5.74) is -0.406. The summed E-state index contributed by atoms with van der Waals surface area (Å²) in [7, 11) is 0. The summed E-state index contributed by atoms with van der Waals surface area (Å²) in [4.78, 5) is 12.3. The number of fused-ring (bicyclic) bond motifs is 1. The molecule has 0 aromatic heterocycles. The zero-order chi connectivity index (χ0) is 16.3. The van der Waals surface area contributed by atoms with Crippen LogP contribution in [0.15, 0.2) is 54.6 Å². The van der Waals surface area contributed by atoms with Gasteiger partial charge in [0.2, 0.25) is 6.10 Å². The number of nitrogens with one attached hydrogen (secondary N) is 1. The molecule has 0 saturated carbocycles. The first-order valence-corrected chi connectivity index (χ1v) is 7.50. The Morgan fingerprint density at radius 3 is 2.57 bits per heavy atom. The van der Waals surface area contributed by atoms with E-state index in [0.29, 0.717) is 11.5 Å². The van der Waals surface area contributed by atoms with Gasteiger partial charge in [0.15, 0.2) is 11.5 Å². The Labute approximate surface area is 134 Å². The van der Waals surface area contributed by atoms with Crippen molar-refractivity contribution in [1.82, 2.24) is 5.32 Å². The van der Waals surface area contributed by atoms with E-state index in [1.165, 1.54) is 0 Å². The molecule has 23 heavy (non-hydrogen) atoms. The topological polar surface area (TPSA) is 67.8 Å². The Morgan fingerprint density at radius 2 is 1.83 bits per heavy atom. The van der Waals surface area contributed by atoms with Crippen LogP contribution < -0.4 is 14.8 Å². The van der Waals surface area contributed by atoms with Gasteiger partial charge >= 0.3 is 0 Å². The number of hydrogen-bond acceptors (Lipinski definition) is 4. The van der Waals surface area contributed by atoms with Crippen molar-refractivity contribution >= 4 is 5.91 Å². The van der Waals surface area contributed by atoms with Crippen molar-refractivity contribution in [3.8, 4) is 11.5 Å². The molecular formula is C18H19NO4. The van der Waals surface area contributed by atoms with Crippen LogP contribution in [0.4, 0.5) is 0 Å². The van der Waals surface area contributed by atoms with Gasteiger partial charge in [-0.15, -0.1) is 0 Å². The number of rotatable bonds is 4. The second kappa shape index (κ2) is 6.30. The lowest BCUT2D eigenvalue weighted by Crippen LogP contribution is -2.47. The standard InChI is InChI=1S/C18H19NO4/c1-18(21,13-7-3-2-4-8-13)12-19-17(20)16-11-22-14-9-5-6-10-15(14)23-16/h2-10,16,21H,11-12H2,1H3,(H,19,20). The molecule has 2 aromatic rings. The smallest absolute Gasteiger partial charge is 0.264 e. The largest absolute Gasteiger partial charge is 0.485 e. The minimum absolute atomic E-state index is 0.0946. The number of benzene rings is 2. The average Bonchev–Trinajstić information content (AvgIpc) is 2.60. The van der Waals surface area contributed by atoms with E-state index in [1.54, 1.807) is 19.1 Å². The third kappa shape index (κ3) is 3.46. The Morgan fingerprint density at radius 1 is 1.17 bits per heavy atom. The second-order valence-electron chi connectivity index (χ2n) is 5.72. The third-order valence-corrected chi connectivity index (χ3v) is 3.80. The molecule has 0 bridgehead atoms. The third-order valence-electron chi connectivity index (χ3n) is 3.80. The van der Waals surface area contributed by atoms with Crippen LogP contribution in [0.1, 0.15) is 12.5 Å². The molecule has 120 valence electrons. The number of carbonyl (C=O) groups excluding carboxylic acids is 1. The molecule has 1 aliphatic rings. The second-order valence-corrected chi connectivity index (χ2v) is 5.72. The van der Waals surface area contributed by atoms with E-state index in [2.05, 4.69) is 5.32 Å². The van der Waals surface area contributed by atoms with Crippen molar-refractivity contribution in [1.29, 1.82) is 0 Å². The van der Waals surface area contributed by atoms with Gasteiger partial charge in [0, 0.05) is 0 Å². The van der Waals surface area contributed by atoms with Gasteiger partial charge in [-0.2, -0.15) is 0 Å². The van der Waals surface area contributed by atoms with Crippen LogP contribution in [0.25, 0.3) is 0 Å². The van der Waals surface area contributed by atoms with E-state index in [-0.39, 0.29) is 19.1 Å². The van der Waals surface area contributed by atoms with Crippen LogP contribution in [0.3, 0.4) is 0 Å². The Bertz CT molecular complexity index is 684. The number of amides is 1. The SMILES string of the molecule is CC(O)(CNC(=O)C1COc2ccccc2O1)c1ccccc1. The van der Waals surface area contributed by atoms with E-state index in [1.807, 2.05) is 42.5 Å². The van der Waals surface area contributed by atoms with Crippen LogP contribution in [-0.4, -0.2) is 30.3 Å². The van der Waals surface area contributed by atoms with E-state index in [9.17, 15) is 9.90 Å². The predicted molar refractivity (Wildman–Crippen MR) is 85.4 cm³/mol. The molecule has 0 spiro atoms. The highest BCUT2D eigenvalue weighted by atomic mass is 16.6. The van der Waals surface area contributed by atoms with E-state index in [0.717, 1.165) is 5.56 Å². The normalized spacial score (nSPS) is 18.8. The quantitative estimate of drug-likeness (QED) is 0.904. The van der Waals surface area contributed by atoms with Crippen molar-refractivity contribution in [2.24, 2.45) is 0 Å². The maximum Gasteiger partial charge on any atom is 0.264 e. The summed E-state index contributed by atoms with van der Waals surface area (Å²) in [6.45, 7) is 1.91. The van der Waals surface area contributed by atoms with Crippen molar-refractivity contribution < 1.29 is 19.4 Å². The maximum absolute atomic E-state index is 12.3. The molecule has 0 fully saturated rings. The molecule has 2 N–H and O–H groups in total. The van der Waals surface area contributed by atoms with Crippen molar-refractivity contribution in [3.63, 3.8) is 0 Å².